The zero-order valence-electron chi connectivity index (χ0n) is 33.3. The van der Waals surface area contributed by atoms with Crippen LogP contribution in [0.5, 0.6) is 0 Å². The number of rotatable bonds is 39. The average molecular weight is 779 g/mol. The van der Waals surface area contributed by atoms with E-state index in [1.165, 1.54) is 0 Å². The molecule has 0 saturated heterocycles. The first-order chi connectivity index (χ1) is 24.2. The van der Waals surface area contributed by atoms with Gasteiger partial charge in [-0.3, -0.25) is 0 Å². The maximum Gasteiger partial charge on any atom is 0.500 e. The van der Waals surface area contributed by atoms with E-state index in [9.17, 15) is 0 Å². The lowest BCUT2D eigenvalue weighted by molar-refractivity contribution is -0.111. The first-order valence-corrected chi connectivity index (χ1v) is 23.9. The van der Waals surface area contributed by atoms with E-state index in [0.29, 0.717) is 66.1 Å². The van der Waals surface area contributed by atoms with Gasteiger partial charge in [-0.15, -0.1) is 0 Å². The van der Waals surface area contributed by atoms with E-state index in [4.69, 9.17) is 63.5 Å². The second-order valence-corrected chi connectivity index (χ2v) is 21.5. The van der Waals surface area contributed by atoms with Crippen molar-refractivity contribution in [3.63, 3.8) is 0 Å². The quantitative estimate of drug-likeness (QED) is 0.0598. The summed E-state index contributed by atoms with van der Waals surface area (Å²) in [6.45, 7) is 7.35. The SMILES string of the molecule is CCOCCOCC(COCCCCC[Si](OC)(OC)OC)(COCCCCC[Si](OC)(OC)OC)COCCCCC[Si](OC)(OC)OC. The van der Waals surface area contributed by atoms with Crippen molar-refractivity contribution in [3.05, 3.63) is 0 Å². The molecule has 0 aliphatic rings. The van der Waals surface area contributed by atoms with Crippen molar-refractivity contribution in [1.29, 1.82) is 0 Å². The molecule has 14 nitrogen and oxygen atoms in total. The molecule has 0 fully saturated rings. The normalized spacial score (nSPS) is 13.1. The Morgan fingerprint density at radius 3 is 0.840 bits per heavy atom. The van der Waals surface area contributed by atoms with Gasteiger partial charge in [-0.05, 0) is 45.4 Å². The Bertz CT molecular complexity index is 638. The van der Waals surface area contributed by atoms with Gasteiger partial charge in [-0.1, -0.05) is 19.3 Å². The molecule has 0 heterocycles. The number of hydrogen-bond acceptors (Lipinski definition) is 14. The van der Waals surface area contributed by atoms with Gasteiger partial charge in [0.1, 0.15) is 0 Å². The summed E-state index contributed by atoms with van der Waals surface area (Å²) in [6.07, 6.45) is 8.49. The fourth-order valence-electron chi connectivity index (χ4n) is 5.50. The van der Waals surface area contributed by atoms with Gasteiger partial charge in [0.05, 0.1) is 45.1 Å². The number of unbranched alkanes of at least 4 members (excludes halogenated alkanes) is 6. The third kappa shape index (κ3) is 21.1. The fraction of sp³-hybridized carbons (Fsp3) is 1.00. The molecule has 17 heteroatoms. The summed E-state index contributed by atoms with van der Waals surface area (Å²) >= 11 is 0. The largest absolute Gasteiger partial charge is 0.500 e. The van der Waals surface area contributed by atoms with E-state index >= 15 is 0 Å². The van der Waals surface area contributed by atoms with Gasteiger partial charge in [0.15, 0.2) is 0 Å². The van der Waals surface area contributed by atoms with E-state index in [-0.39, 0.29) is 0 Å². The Balaban J connectivity index is 5.24. The smallest absolute Gasteiger partial charge is 0.381 e. The second-order valence-electron chi connectivity index (χ2n) is 12.2. The molecule has 0 aromatic rings. The summed E-state index contributed by atoms with van der Waals surface area (Å²) in [7, 11) is 7.15. The summed E-state index contributed by atoms with van der Waals surface area (Å²) in [4.78, 5) is 0. The lowest BCUT2D eigenvalue weighted by Crippen LogP contribution is -2.42. The van der Waals surface area contributed by atoms with Crippen molar-refractivity contribution in [2.24, 2.45) is 5.41 Å². The molecule has 0 rings (SSSR count). The molecule has 0 radical (unpaired) electrons. The number of hydrogen-bond donors (Lipinski definition) is 0. The Labute approximate surface area is 307 Å². The minimum atomic E-state index is -2.56. The van der Waals surface area contributed by atoms with Crippen LogP contribution in [0.4, 0.5) is 0 Å². The third-order valence-corrected chi connectivity index (χ3v) is 17.3. The van der Waals surface area contributed by atoms with Crippen LogP contribution in [0, 0.1) is 5.41 Å². The highest BCUT2D eigenvalue weighted by Gasteiger charge is 2.38. The summed E-state index contributed by atoms with van der Waals surface area (Å²) in [5.41, 5.74) is -0.467. The molecule has 50 heavy (non-hydrogen) atoms. The van der Waals surface area contributed by atoms with E-state index in [0.717, 1.165) is 75.9 Å². The maximum atomic E-state index is 6.30. The predicted molar refractivity (Wildman–Crippen MR) is 199 cm³/mol. The highest BCUT2D eigenvalue weighted by Crippen LogP contribution is 2.24. The van der Waals surface area contributed by atoms with Crippen LogP contribution in [-0.4, -0.2) is 156 Å². The molecular formula is C33H74O14Si3. The summed E-state index contributed by atoms with van der Waals surface area (Å²) in [5.74, 6) is 0. The Morgan fingerprint density at radius 1 is 0.320 bits per heavy atom. The topological polar surface area (TPSA) is 129 Å². The van der Waals surface area contributed by atoms with Gasteiger partial charge < -0.3 is 63.5 Å². The second kappa shape index (κ2) is 31.4. The van der Waals surface area contributed by atoms with E-state index < -0.39 is 31.8 Å². The van der Waals surface area contributed by atoms with Gasteiger partial charge in [-0.2, -0.15) is 0 Å². The van der Waals surface area contributed by atoms with Gasteiger partial charge in [0, 0.05) is 109 Å². The van der Waals surface area contributed by atoms with Crippen LogP contribution < -0.4 is 0 Å². The monoisotopic (exact) mass is 778 g/mol. The Hall–Kier alpha value is 0.0906. The third-order valence-electron chi connectivity index (χ3n) is 8.82. The molecule has 0 atom stereocenters. The molecule has 0 bridgehead atoms. The molecular weight excluding hydrogens is 705 g/mol. The van der Waals surface area contributed by atoms with Crippen LogP contribution in [-0.2, 0) is 63.5 Å². The van der Waals surface area contributed by atoms with Gasteiger partial charge in [0.25, 0.3) is 0 Å². The van der Waals surface area contributed by atoms with Crippen molar-refractivity contribution < 1.29 is 63.5 Å². The first kappa shape index (κ1) is 50.1. The van der Waals surface area contributed by atoms with Gasteiger partial charge >= 0.3 is 26.4 Å². The minimum Gasteiger partial charge on any atom is -0.381 e. The van der Waals surface area contributed by atoms with Gasteiger partial charge in [-0.25, -0.2) is 0 Å². The minimum absolute atomic E-state index is 0.441. The highest BCUT2D eigenvalue weighted by molar-refractivity contribution is 6.61. The molecule has 0 aromatic carbocycles. The van der Waals surface area contributed by atoms with Crippen molar-refractivity contribution in [3.8, 4) is 0 Å². The first-order valence-electron chi connectivity index (χ1n) is 18.1. The lowest BCUT2D eigenvalue weighted by Gasteiger charge is -2.33. The average Bonchev–Trinajstić information content (AvgIpc) is 3.15. The van der Waals surface area contributed by atoms with Crippen LogP contribution in [0.15, 0.2) is 0 Å². The summed E-state index contributed by atoms with van der Waals surface area (Å²) in [6, 6.07) is 2.31. The van der Waals surface area contributed by atoms with Gasteiger partial charge in [0.2, 0.25) is 0 Å². The summed E-state index contributed by atoms with van der Waals surface area (Å²) < 4.78 is 80.5. The van der Waals surface area contributed by atoms with E-state index in [1.54, 1.807) is 64.0 Å². The molecule has 302 valence electrons. The molecule has 0 aliphatic carbocycles. The van der Waals surface area contributed by atoms with Crippen molar-refractivity contribution in [1.82, 2.24) is 0 Å². The van der Waals surface area contributed by atoms with Crippen LogP contribution >= 0.6 is 0 Å². The molecule has 0 aliphatic heterocycles. The van der Waals surface area contributed by atoms with Crippen molar-refractivity contribution in [2.45, 2.75) is 82.8 Å². The zero-order chi connectivity index (χ0) is 37.5. The van der Waals surface area contributed by atoms with Crippen LogP contribution in [0.3, 0.4) is 0 Å². The van der Waals surface area contributed by atoms with E-state index in [2.05, 4.69) is 0 Å². The van der Waals surface area contributed by atoms with Crippen molar-refractivity contribution >= 4 is 26.4 Å². The summed E-state index contributed by atoms with van der Waals surface area (Å²) in [5, 5.41) is 0. The molecule has 0 unspecified atom stereocenters. The standard InChI is InChI=1S/C33H74O14Si3/c1-11-43-24-25-47-32-33(29-44-21-15-12-18-26-48(34-2,35-3)36-4,30-45-22-16-13-19-27-49(37-5,38-6)39-7)31-46-23-17-14-20-28-50(40-8,41-9)42-10/h11-32H2,1-10H3. The highest BCUT2D eigenvalue weighted by atomic mass is 28.4. The molecule has 0 amide bonds. The number of ether oxygens (including phenoxy) is 5. The maximum absolute atomic E-state index is 6.30. The Morgan fingerprint density at radius 2 is 0.580 bits per heavy atom. The fourth-order valence-corrected chi connectivity index (χ4v) is 10.9. The zero-order valence-corrected chi connectivity index (χ0v) is 36.3. The van der Waals surface area contributed by atoms with Crippen LogP contribution in [0.1, 0.15) is 64.7 Å². The Kier molecular flexibility index (Phi) is 31.5. The van der Waals surface area contributed by atoms with Crippen molar-refractivity contribution in [2.75, 3.05) is 130 Å². The van der Waals surface area contributed by atoms with E-state index in [1.807, 2.05) is 6.92 Å². The van der Waals surface area contributed by atoms with Crippen LogP contribution in [0.25, 0.3) is 0 Å². The molecule has 0 aromatic heterocycles. The molecule has 0 saturated carbocycles. The van der Waals surface area contributed by atoms with Crippen LogP contribution in [0.2, 0.25) is 18.1 Å². The predicted octanol–water partition coefficient (Wildman–Crippen LogP) is 5.22. The molecule has 0 spiro atoms. The molecule has 0 N–H and O–H groups in total. The lowest BCUT2D eigenvalue weighted by atomic mass is 9.92.